The number of ether oxygens (including phenoxy) is 3. The highest BCUT2D eigenvalue weighted by atomic mass is 28.4. The zero-order chi connectivity index (χ0) is 24.2. The molecule has 0 radical (unpaired) electrons. The van der Waals surface area contributed by atoms with Gasteiger partial charge in [-0.15, -0.1) is 0 Å². The molecule has 0 aromatic carbocycles. The lowest BCUT2D eigenvalue weighted by molar-refractivity contribution is -0.195. The van der Waals surface area contributed by atoms with Crippen LogP contribution in [0.2, 0.25) is 18.1 Å². The third kappa shape index (κ3) is 4.50. The molecule has 178 valence electrons. The van der Waals surface area contributed by atoms with Crippen molar-refractivity contribution in [3.05, 3.63) is 24.3 Å². The third-order valence-corrected chi connectivity index (χ3v) is 11.3. The van der Waals surface area contributed by atoms with Gasteiger partial charge in [0.2, 0.25) is 5.78 Å². The molecule has 2 aliphatic rings. The van der Waals surface area contributed by atoms with Crippen molar-refractivity contribution in [2.75, 3.05) is 6.61 Å². The minimum absolute atomic E-state index is 0.0791. The maximum atomic E-state index is 13.0. The average Bonchev–Trinajstić information content (AvgIpc) is 3.35. The summed E-state index contributed by atoms with van der Waals surface area (Å²) in [7, 11) is -1.93. The second kappa shape index (κ2) is 8.29. The van der Waals surface area contributed by atoms with Gasteiger partial charge in [0.25, 0.3) is 0 Å². The highest BCUT2D eigenvalue weighted by Gasteiger charge is 2.58. The van der Waals surface area contributed by atoms with Crippen molar-refractivity contribution >= 4 is 25.1 Å². The van der Waals surface area contributed by atoms with E-state index in [0.717, 1.165) is 16.7 Å². The number of fused-ring (bicyclic) bond motifs is 2. The number of aryl methyl sites for hydroxylation is 1. The van der Waals surface area contributed by atoms with Crippen LogP contribution in [0, 0.1) is 18.8 Å². The largest absolute Gasteiger partial charge is 0.406 e. The molecule has 8 nitrogen and oxygen atoms in total. The van der Waals surface area contributed by atoms with Gasteiger partial charge in [-0.2, -0.15) is 0 Å². The molecule has 0 N–H and O–H groups in total. The second-order valence-corrected chi connectivity index (χ2v) is 15.5. The zero-order valence-electron chi connectivity index (χ0n) is 20.6. The molecular formula is C24H33N3O5Si. The maximum Gasteiger partial charge on any atom is 0.237 e. The summed E-state index contributed by atoms with van der Waals surface area (Å²) >= 11 is 0. The van der Waals surface area contributed by atoms with E-state index in [4.69, 9.17) is 18.6 Å². The van der Waals surface area contributed by atoms with Gasteiger partial charge in [0.1, 0.15) is 24.2 Å². The molecule has 2 aromatic rings. The van der Waals surface area contributed by atoms with Gasteiger partial charge in [-0.3, -0.25) is 4.79 Å². The van der Waals surface area contributed by atoms with E-state index >= 15 is 0 Å². The number of carbonyl (C=O) groups excluding carboxylic acids is 1. The Morgan fingerprint density at radius 1 is 1.24 bits per heavy atom. The predicted molar refractivity (Wildman–Crippen MR) is 126 cm³/mol. The Bertz CT molecular complexity index is 1120. The summed E-state index contributed by atoms with van der Waals surface area (Å²) in [6.07, 6.45) is 0.949. The molecule has 0 saturated carbocycles. The van der Waals surface area contributed by atoms with Crippen LogP contribution in [-0.2, 0) is 23.4 Å². The first-order chi connectivity index (χ1) is 15.3. The lowest BCUT2D eigenvalue weighted by Gasteiger charge is -2.35. The molecule has 9 heteroatoms. The summed E-state index contributed by atoms with van der Waals surface area (Å²) in [6, 6.07) is 1.94. The van der Waals surface area contributed by atoms with Crippen molar-refractivity contribution in [1.82, 2.24) is 14.5 Å². The molecule has 0 spiro atoms. The summed E-state index contributed by atoms with van der Waals surface area (Å²) in [5.74, 6) is 4.43. The molecule has 4 heterocycles. The van der Waals surface area contributed by atoms with Crippen molar-refractivity contribution in [3.8, 4) is 11.8 Å². The van der Waals surface area contributed by atoms with Gasteiger partial charge in [-0.1, -0.05) is 26.7 Å². The van der Waals surface area contributed by atoms with Gasteiger partial charge >= 0.3 is 0 Å². The van der Waals surface area contributed by atoms with Crippen LogP contribution in [0.4, 0.5) is 0 Å². The van der Waals surface area contributed by atoms with Crippen molar-refractivity contribution in [3.63, 3.8) is 0 Å². The van der Waals surface area contributed by atoms with Crippen LogP contribution in [0.15, 0.2) is 18.6 Å². The number of carbonyl (C=O) groups is 1. The first-order valence-corrected chi connectivity index (χ1v) is 14.2. The topological polar surface area (TPSA) is 84.7 Å². The van der Waals surface area contributed by atoms with Crippen molar-refractivity contribution in [1.29, 1.82) is 0 Å². The first kappa shape index (κ1) is 24.0. The number of aromatic nitrogens is 3. The van der Waals surface area contributed by atoms with Crippen LogP contribution in [0.5, 0.6) is 0 Å². The van der Waals surface area contributed by atoms with Gasteiger partial charge in [-0.05, 0) is 50.9 Å². The highest BCUT2D eigenvalue weighted by molar-refractivity contribution is 6.74. The fourth-order valence-corrected chi connectivity index (χ4v) is 4.81. The molecule has 0 bridgehead atoms. The molecule has 0 amide bonds. The quantitative estimate of drug-likeness (QED) is 0.381. The zero-order valence-corrected chi connectivity index (χ0v) is 21.6. The van der Waals surface area contributed by atoms with E-state index in [2.05, 4.69) is 55.7 Å². The summed E-state index contributed by atoms with van der Waals surface area (Å²) < 4.78 is 26.4. The minimum atomic E-state index is -1.93. The summed E-state index contributed by atoms with van der Waals surface area (Å²) in [4.78, 5) is 21.7. The van der Waals surface area contributed by atoms with Crippen LogP contribution >= 0.6 is 0 Å². The molecule has 4 atom stereocenters. The molecular weight excluding hydrogens is 438 g/mol. The van der Waals surface area contributed by atoms with Crippen LogP contribution in [-0.4, -0.2) is 59.3 Å². The smallest absolute Gasteiger partial charge is 0.237 e. The van der Waals surface area contributed by atoms with E-state index in [9.17, 15) is 4.79 Å². The van der Waals surface area contributed by atoms with E-state index in [1.165, 1.54) is 6.33 Å². The molecule has 2 saturated heterocycles. The normalized spacial score (nSPS) is 26.8. The van der Waals surface area contributed by atoms with Crippen molar-refractivity contribution in [2.45, 2.75) is 90.0 Å². The minimum Gasteiger partial charge on any atom is -0.406 e. The molecule has 2 fully saturated rings. The SMILES string of the molecule is Cc1ncnc2c1ccn2[C@@H]1O[C@@H](C(=O)C#CCO[Si](C)(C)C(C)(C)C)[C@H]2OC(C)(C)O[C@H]21. The third-order valence-electron chi connectivity index (χ3n) is 6.79. The highest BCUT2D eigenvalue weighted by Crippen LogP contribution is 2.44. The molecule has 2 aromatic heterocycles. The number of hydrogen-bond acceptors (Lipinski definition) is 7. The van der Waals surface area contributed by atoms with E-state index in [1.54, 1.807) is 0 Å². The van der Waals surface area contributed by atoms with Crippen LogP contribution in [0.25, 0.3) is 11.0 Å². The predicted octanol–water partition coefficient (Wildman–Crippen LogP) is 3.75. The average molecular weight is 472 g/mol. The fraction of sp³-hybridized carbons (Fsp3) is 0.625. The molecule has 0 unspecified atom stereocenters. The number of ketones is 1. The van der Waals surface area contributed by atoms with Gasteiger partial charge in [0.05, 0.1) is 12.3 Å². The van der Waals surface area contributed by atoms with E-state index in [0.29, 0.717) is 0 Å². The molecule has 33 heavy (non-hydrogen) atoms. The van der Waals surface area contributed by atoms with Crippen LogP contribution < -0.4 is 0 Å². The van der Waals surface area contributed by atoms with E-state index in [-0.39, 0.29) is 17.4 Å². The standard InChI is InChI=1S/C24H33N3O5Si/c1-15-16-11-12-27(21(16)26-14-25-15)22-20-19(31-24(5,6)32-20)18(30-22)17(28)10-9-13-29-33(7,8)23(2,3)4/h11-12,14,18-20,22H,13H2,1-8H3/t18-,19+,20+,22+/m0/s1. The lowest BCUT2D eigenvalue weighted by Crippen LogP contribution is -2.40. The second-order valence-electron chi connectivity index (χ2n) is 10.6. The number of rotatable bonds is 4. The summed E-state index contributed by atoms with van der Waals surface area (Å²) in [6.45, 7) is 16.6. The Morgan fingerprint density at radius 2 is 1.94 bits per heavy atom. The van der Waals surface area contributed by atoms with Crippen molar-refractivity contribution < 1.29 is 23.4 Å². The number of nitrogens with zero attached hydrogens (tertiary/aromatic N) is 3. The molecule has 0 aliphatic carbocycles. The van der Waals surface area contributed by atoms with E-state index in [1.807, 2.05) is 37.6 Å². The van der Waals surface area contributed by atoms with Crippen LogP contribution in [0.1, 0.15) is 46.5 Å². The summed E-state index contributed by atoms with van der Waals surface area (Å²) in [5, 5.41) is 1.00. The first-order valence-electron chi connectivity index (χ1n) is 11.3. The maximum absolute atomic E-state index is 13.0. The number of hydrogen-bond donors (Lipinski definition) is 0. The Labute approximate surface area is 196 Å². The van der Waals surface area contributed by atoms with Gasteiger partial charge in [-0.25, -0.2) is 9.97 Å². The summed E-state index contributed by atoms with van der Waals surface area (Å²) in [5.41, 5.74) is 1.60. The molecule has 2 aliphatic heterocycles. The fourth-order valence-electron chi connectivity index (χ4n) is 3.94. The number of Topliss-reactive ketones (excluding diaryl/α,β-unsaturated/α-hetero) is 1. The lowest BCUT2D eigenvalue weighted by atomic mass is 10.1. The van der Waals surface area contributed by atoms with Crippen molar-refractivity contribution in [2.24, 2.45) is 0 Å². The Morgan fingerprint density at radius 3 is 2.64 bits per heavy atom. The monoisotopic (exact) mass is 471 g/mol. The van der Waals surface area contributed by atoms with Gasteiger partial charge in [0, 0.05) is 11.6 Å². The Hall–Kier alpha value is -2.09. The Kier molecular flexibility index (Phi) is 6.04. The van der Waals surface area contributed by atoms with Gasteiger partial charge < -0.3 is 23.2 Å². The molecule has 4 rings (SSSR count). The van der Waals surface area contributed by atoms with Crippen LogP contribution in [0.3, 0.4) is 0 Å². The Balaban J connectivity index is 1.55. The van der Waals surface area contributed by atoms with E-state index < -0.39 is 38.6 Å². The van der Waals surface area contributed by atoms with Gasteiger partial charge in [0.15, 0.2) is 26.4 Å².